The molecule has 0 amide bonds. The molecule has 1 aliphatic rings. The number of hydrogen-bond donors (Lipinski definition) is 1. The molecule has 1 atom stereocenters. The summed E-state index contributed by atoms with van der Waals surface area (Å²) in [4.78, 5) is 4.84. The van der Waals surface area contributed by atoms with E-state index in [-0.39, 0.29) is 0 Å². The fraction of sp³-hybridized carbons (Fsp3) is 0.471. The van der Waals surface area contributed by atoms with Crippen molar-refractivity contribution in [1.82, 2.24) is 9.55 Å². The first-order valence-corrected chi connectivity index (χ1v) is 7.44. The Balaban J connectivity index is 2.19. The molecule has 2 N–H and O–H groups in total. The molecule has 1 aliphatic heterocycles. The second-order valence-corrected chi connectivity index (χ2v) is 6.12. The Morgan fingerprint density at radius 1 is 1.15 bits per heavy atom. The van der Waals surface area contributed by atoms with Gasteiger partial charge in [0.2, 0.25) is 0 Å². The lowest BCUT2D eigenvalue weighted by atomic mass is 9.99. The molecule has 1 aromatic heterocycles. The molecule has 3 heteroatoms. The number of nitrogens with zero attached hydrogens (tertiary/aromatic N) is 2. The predicted octanol–water partition coefficient (Wildman–Crippen LogP) is 3.95. The first kappa shape index (κ1) is 13.2. The van der Waals surface area contributed by atoms with Gasteiger partial charge in [-0.1, -0.05) is 6.07 Å². The Morgan fingerprint density at radius 2 is 1.85 bits per heavy atom. The van der Waals surface area contributed by atoms with Crippen LogP contribution in [0.5, 0.6) is 0 Å². The van der Waals surface area contributed by atoms with Gasteiger partial charge in [-0.2, -0.15) is 0 Å². The van der Waals surface area contributed by atoms with Gasteiger partial charge in [0.1, 0.15) is 17.3 Å². The highest BCUT2D eigenvalue weighted by atomic mass is 15.2. The standard InChI is InChI=1S/C17H23N3/c1-10-8-12(3)14(9-11(10)2)16-17(18)20-13(4)6-5-7-15(20)19-16/h8-9,13H,5-7,18H2,1-4H3. The third kappa shape index (κ3) is 1.92. The van der Waals surface area contributed by atoms with Gasteiger partial charge in [-0.15, -0.1) is 0 Å². The third-order valence-electron chi connectivity index (χ3n) is 4.58. The number of nitrogen functional groups attached to an aromatic ring is 1. The average Bonchev–Trinajstić information content (AvgIpc) is 2.73. The van der Waals surface area contributed by atoms with Crippen LogP contribution in [0.4, 0.5) is 5.82 Å². The van der Waals surface area contributed by atoms with E-state index in [1.807, 2.05) is 0 Å². The minimum Gasteiger partial charge on any atom is -0.383 e. The van der Waals surface area contributed by atoms with Gasteiger partial charge in [0.15, 0.2) is 0 Å². The fourth-order valence-corrected chi connectivity index (χ4v) is 3.26. The number of benzene rings is 1. The van der Waals surface area contributed by atoms with E-state index in [1.54, 1.807) is 0 Å². The number of anilines is 1. The Bertz CT molecular complexity index is 667. The molecule has 0 saturated carbocycles. The van der Waals surface area contributed by atoms with E-state index in [9.17, 15) is 0 Å². The molecule has 2 aromatic rings. The van der Waals surface area contributed by atoms with Crippen LogP contribution in [0.1, 0.15) is 48.3 Å². The maximum Gasteiger partial charge on any atom is 0.131 e. The highest BCUT2D eigenvalue weighted by Gasteiger charge is 2.24. The molecular formula is C17H23N3. The topological polar surface area (TPSA) is 43.8 Å². The molecule has 2 heterocycles. The summed E-state index contributed by atoms with van der Waals surface area (Å²) in [5, 5.41) is 0. The number of nitrogens with two attached hydrogens (primary N) is 1. The maximum atomic E-state index is 6.40. The summed E-state index contributed by atoms with van der Waals surface area (Å²) in [6, 6.07) is 4.91. The summed E-state index contributed by atoms with van der Waals surface area (Å²) < 4.78 is 2.23. The van der Waals surface area contributed by atoms with Gasteiger partial charge in [-0.05, 0) is 63.3 Å². The van der Waals surface area contributed by atoms with Crippen molar-refractivity contribution in [3.63, 3.8) is 0 Å². The Kier molecular flexibility index (Phi) is 3.08. The molecule has 20 heavy (non-hydrogen) atoms. The fourth-order valence-electron chi connectivity index (χ4n) is 3.26. The van der Waals surface area contributed by atoms with Crippen LogP contribution in [0.3, 0.4) is 0 Å². The van der Waals surface area contributed by atoms with Gasteiger partial charge in [-0.25, -0.2) is 4.98 Å². The molecule has 3 nitrogen and oxygen atoms in total. The zero-order chi connectivity index (χ0) is 14.4. The minimum atomic E-state index is 0.465. The number of aryl methyl sites for hydroxylation is 4. The van der Waals surface area contributed by atoms with E-state index in [1.165, 1.54) is 35.1 Å². The van der Waals surface area contributed by atoms with Crippen molar-refractivity contribution in [3.8, 4) is 11.3 Å². The van der Waals surface area contributed by atoms with Crippen molar-refractivity contribution in [1.29, 1.82) is 0 Å². The van der Waals surface area contributed by atoms with E-state index in [4.69, 9.17) is 10.7 Å². The van der Waals surface area contributed by atoms with Gasteiger partial charge in [-0.3, -0.25) is 0 Å². The molecule has 0 fully saturated rings. The highest BCUT2D eigenvalue weighted by molar-refractivity contribution is 5.75. The number of rotatable bonds is 1. The molecule has 0 aliphatic carbocycles. The van der Waals surface area contributed by atoms with E-state index >= 15 is 0 Å². The van der Waals surface area contributed by atoms with Crippen molar-refractivity contribution >= 4 is 5.82 Å². The van der Waals surface area contributed by atoms with Crippen LogP contribution >= 0.6 is 0 Å². The lowest BCUT2D eigenvalue weighted by molar-refractivity contribution is 0.430. The minimum absolute atomic E-state index is 0.465. The van der Waals surface area contributed by atoms with Crippen LogP contribution in [-0.4, -0.2) is 9.55 Å². The lowest BCUT2D eigenvalue weighted by Crippen LogP contribution is -2.16. The number of aromatic nitrogens is 2. The molecule has 0 bridgehead atoms. The van der Waals surface area contributed by atoms with Gasteiger partial charge in [0, 0.05) is 18.0 Å². The summed E-state index contributed by atoms with van der Waals surface area (Å²) in [6.45, 7) is 8.67. The van der Waals surface area contributed by atoms with E-state index < -0.39 is 0 Å². The third-order valence-corrected chi connectivity index (χ3v) is 4.58. The molecule has 1 unspecified atom stereocenters. The first-order chi connectivity index (χ1) is 9.49. The average molecular weight is 269 g/mol. The summed E-state index contributed by atoms with van der Waals surface area (Å²) in [5.41, 5.74) is 12.4. The van der Waals surface area contributed by atoms with Crippen molar-refractivity contribution in [2.75, 3.05) is 5.73 Å². The molecule has 0 spiro atoms. The monoisotopic (exact) mass is 269 g/mol. The molecule has 0 radical (unpaired) electrons. The van der Waals surface area contributed by atoms with Crippen molar-refractivity contribution in [2.45, 2.75) is 53.0 Å². The molecule has 106 valence electrons. The second-order valence-electron chi connectivity index (χ2n) is 6.12. The zero-order valence-electron chi connectivity index (χ0n) is 12.8. The number of imidazole rings is 1. The van der Waals surface area contributed by atoms with Gasteiger partial charge >= 0.3 is 0 Å². The Labute approximate surface area is 120 Å². The van der Waals surface area contributed by atoms with Gasteiger partial charge in [0.05, 0.1) is 0 Å². The smallest absolute Gasteiger partial charge is 0.131 e. The normalized spacial score (nSPS) is 18.1. The molecule has 0 saturated heterocycles. The van der Waals surface area contributed by atoms with Crippen molar-refractivity contribution < 1.29 is 0 Å². The summed E-state index contributed by atoms with van der Waals surface area (Å²) >= 11 is 0. The lowest BCUT2D eigenvalue weighted by Gasteiger charge is -2.22. The maximum absolute atomic E-state index is 6.40. The molecule has 3 rings (SSSR count). The highest BCUT2D eigenvalue weighted by Crippen LogP contribution is 2.36. The summed E-state index contributed by atoms with van der Waals surface area (Å²) in [5.74, 6) is 1.98. The van der Waals surface area contributed by atoms with Crippen LogP contribution in [0, 0.1) is 20.8 Å². The van der Waals surface area contributed by atoms with Crippen molar-refractivity contribution in [2.24, 2.45) is 0 Å². The Morgan fingerprint density at radius 3 is 2.55 bits per heavy atom. The van der Waals surface area contributed by atoms with Crippen LogP contribution in [0.15, 0.2) is 12.1 Å². The summed E-state index contributed by atoms with van der Waals surface area (Å²) in [7, 11) is 0. The molecule has 1 aromatic carbocycles. The van der Waals surface area contributed by atoms with Crippen LogP contribution in [0.2, 0.25) is 0 Å². The first-order valence-electron chi connectivity index (χ1n) is 7.44. The van der Waals surface area contributed by atoms with Crippen molar-refractivity contribution in [3.05, 3.63) is 34.6 Å². The van der Waals surface area contributed by atoms with Crippen LogP contribution in [0.25, 0.3) is 11.3 Å². The largest absolute Gasteiger partial charge is 0.383 e. The zero-order valence-corrected chi connectivity index (χ0v) is 12.8. The Hall–Kier alpha value is -1.77. The number of hydrogen-bond acceptors (Lipinski definition) is 2. The summed E-state index contributed by atoms with van der Waals surface area (Å²) in [6.07, 6.45) is 3.44. The second kappa shape index (κ2) is 4.65. The molecular weight excluding hydrogens is 246 g/mol. The van der Waals surface area contributed by atoms with E-state index in [0.29, 0.717) is 6.04 Å². The van der Waals surface area contributed by atoms with Crippen LogP contribution < -0.4 is 5.73 Å². The van der Waals surface area contributed by atoms with Crippen LogP contribution in [-0.2, 0) is 6.42 Å². The van der Waals surface area contributed by atoms with Gasteiger partial charge < -0.3 is 10.3 Å². The van der Waals surface area contributed by atoms with Gasteiger partial charge in [0.25, 0.3) is 0 Å². The quantitative estimate of drug-likeness (QED) is 0.851. The van der Waals surface area contributed by atoms with E-state index in [0.717, 1.165) is 23.8 Å². The predicted molar refractivity (Wildman–Crippen MR) is 83.9 cm³/mol. The SMILES string of the molecule is Cc1cc(C)c(-c2nc3n(c2N)C(C)CCC3)cc1C. The number of fused-ring (bicyclic) bond motifs is 1. The van der Waals surface area contributed by atoms with E-state index in [2.05, 4.69) is 44.4 Å².